The molecule has 6 heteroatoms. The van der Waals surface area contributed by atoms with Crippen LogP contribution in [-0.2, 0) is 10.0 Å². The zero-order valence-corrected chi connectivity index (χ0v) is 24.8. The molecule has 0 aliphatic rings. The molecule has 0 rings (SSSR count). The monoisotopic (exact) mass is 515 g/mol. The minimum absolute atomic E-state index is 0.266. The highest BCUT2D eigenvalue weighted by molar-refractivity contribution is 7.89. The van der Waals surface area contributed by atoms with Crippen molar-refractivity contribution in [2.24, 2.45) is 5.41 Å². The van der Waals surface area contributed by atoms with Crippen LogP contribution in [0, 0.1) is 5.41 Å². The third kappa shape index (κ3) is 26.4. The smallest absolute Gasteiger partial charge is 0.211 e. The lowest BCUT2D eigenvalue weighted by Crippen LogP contribution is -2.30. The van der Waals surface area contributed by atoms with Crippen molar-refractivity contribution in [3.8, 4) is 0 Å². The molecule has 0 saturated heterocycles. The molecular formula is C29H61N3O2S. The Morgan fingerprint density at radius 2 is 1.14 bits per heavy atom. The zero-order valence-electron chi connectivity index (χ0n) is 23.9. The van der Waals surface area contributed by atoms with Gasteiger partial charge in [-0.3, -0.25) is 0 Å². The fraction of sp³-hybridized carbons (Fsp3) is 0.931. The summed E-state index contributed by atoms with van der Waals surface area (Å²) in [6.07, 6.45) is 23.5. The molecule has 0 fully saturated rings. The molecule has 3 N–H and O–H groups in total. The molecule has 0 aromatic carbocycles. The number of hydrogen-bond donors (Lipinski definition) is 3. The van der Waals surface area contributed by atoms with Gasteiger partial charge in [-0.25, -0.2) is 13.1 Å². The van der Waals surface area contributed by atoms with Gasteiger partial charge in [0.1, 0.15) is 0 Å². The molecule has 0 radical (unpaired) electrons. The van der Waals surface area contributed by atoms with E-state index in [0.717, 1.165) is 58.3 Å². The van der Waals surface area contributed by atoms with Gasteiger partial charge in [0.2, 0.25) is 10.0 Å². The van der Waals surface area contributed by atoms with E-state index in [9.17, 15) is 8.42 Å². The molecule has 0 aromatic heterocycles. The SMILES string of the molecule is CCCCCC/C=C\CCCCCCCCS(=O)(=O)NCCCNCCCNCCC(C)(C)CC. The number of allylic oxidation sites excluding steroid dienone is 2. The predicted octanol–water partition coefficient (Wildman–Crippen LogP) is 6.95. The van der Waals surface area contributed by atoms with Gasteiger partial charge in [0.15, 0.2) is 0 Å². The van der Waals surface area contributed by atoms with E-state index in [2.05, 4.69) is 55.2 Å². The van der Waals surface area contributed by atoms with Gasteiger partial charge < -0.3 is 10.6 Å². The highest BCUT2D eigenvalue weighted by Crippen LogP contribution is 2.23. The van der Waals surface area contributed by atoms with Gasteiger partial charge in [-0.05, 0) is 83.0 Å². The van der Waals surface area contributed by atoms with Crippen LogP contribution < -0.4 is 15.4 Å². The fourth-order valence-corrected chi connectivity index (χ4v) is 5.08. The van der Waals surface area contributed by atoms with Crippen molar-refractivity contribution in [3.05, 3.63) is 12.2 Å². The average Bonchev–Trinajstić information content (AvgIpc) is 2.82. The molecular weight excluding hydrogens is 454 g/mol. The highest BCUT2D eigenvalue weighted by atomic mass is 32.2. The van der Waals surface area contributed by atoms with Gasteiger partial charge in [-0.2, -0.15) is 0 Å². The van der Waals surface area contributed by atoms with Gasteiger partial charge in [0.25, 0.3) is 0 Å². The van der Waals surface area contributed by atoms with Crippen molar-refractivity contribution in [2.45, 2.75) is 130 Å². The normalized spacial score (nSPS) is 12.7. The van der Waals surface area contributed by atoms with E-state index in [4.69, 9.17) is 0 Å². The predicted molar refractivity (Wildman–Crippen MR) is 156 cm³/mol. The zero-order chi connectivity index (χ0) is 26.1. The Hall–Kier alpha value is -0.430. The van der Waals surface area contributed by atoms with Gasteiger partial charge in [0.05, 0.1) is 5.75 Å². The summed E-state index contributed by atoms with van der Waals surface area (Å²) >= 11 is 0. The van der Waals surface area contributed by atoms with E-state index in [0.29, 0.717) is 12.0 Å². The first kappa shape index (κ1) is 34.6. The lowest BCUT2D eigenvalue weighted by molar-refractivity contribution is 0.315. The number of rotatable bonds is 27. The van der Waals surface area contributed by atoms with Gasteiger partial charge >= 0.3 is 0 Å². The Bertz CT molecular complexity index is 576. The van der Waals surface area contributed by atoms with Crippen LogP contribution in [-0.4, -0.2) is 46.9 Å². The maximum atomic E-state index is 12.1. The van der Waals surface area contributed by atoms with Crippen LogP contribution in [0.15, 0.2) is 12.2 Å². The van der Waals surface area contributed by atoms with Crippen LogP contribution in [0.25, 0.3) is 0 Å². The van der Waals surface area contributed by atoms with E-state index in [-0.39, 0.29) is 5.75 Å². The van der Waals surface area contributed by atoms with Gasteiger partial charge in [0, 0.05) is 6.54 Å². The molecule has 0 aliphatic carbocycles. The lowest BCUT2D eigenvalue weighted by atomic mass is 9.87. The molecule has 0 bridgehead atoms. The Balaban J connectivity index is 3.41. The molecule has 35 heavy (non-hydrogen) atoms. The molecule has 0 aromatic rings. The van der Waals surface area contributed by atoms with E-state index in [1.807, 2.05) is 0 Å². The van der Waals surface area contributed by atoms with Crippen molar-refractivity contribution in [1.82, 2.24) is 15.4 Å². The first-order chi connectivity index (χ1) is 16.8. The van der Waals surface area contributed by atoms with Crippen molar-refractivity contribution in [2.75, 3.05) is 38.5 Å². The number of sulfonamides is 1. The summed E-state index contributed by atoms with van der Waals surface area (Å²) in [5.74, 6) is 0.266. The first-order valence-corrected chi connectivity index (χ1v) is 16.5. The van der Waals surface area contributed by atoms with Crippen LogP contribution in [0.1, 0.15) is 130 Å². The molecule has 0 unspecified atom stereocenters. The molecule has 0 atom stereocenters. The fourth-order valence-electron chi connectivity index (χ4n) is 3.89. The third-order valence-electron chi connectivity index (χ3n) is 6.92. The minimum Gasteiger partial charge on any atom is -0.317 e. The van der Waals surface area contributed by atoms with E-state index in [1.165, 1.54) is 70.6 Å². The summed E-state index contributed by atoms with van der Waals surface area (Å²) in [4.78, 5) is 0. The molecule has 210 valence electrons. The van der Waals surface area contributed by atoms with E-state index in [1.54, 1.807) is 0 Å². The third-order valence-corrected chi connectivity index (χ3v) is 8.39. The van der Waals surface area contributed by atoms with E-state index < -0.39 is 10.0 Å². The molecule has 0 aliphatic heterocycles. The molecule has 0 amide bonds. The summed E-state index contributed by atoms with van der Waals surface area (Å²) in [6.45, 7) is 13.6. The lowest BCUT2D eigenvalue weighted by Gasteiger charge is -2.22. The van der Waals surface area contributed by atoms with Crippen LogP contribution >= 0.6 is 0 Å². The second-order valence-electron chi connectivity index (χ2n) is 10.9. The van der Waals surface area contributed by atoms with Crippen LogP contribution in [0.2, 0.25) is 0 Å². The van der Waals surface area contributed by atoms with Crippen LogP contribution in [0.5, 0.6) is 0 Å². The minimum atomic E-state index is -3.12. The quantitative estimate of drug-likeness (QED) is 0.0818. The van der Waals surface area contributed by atoms with Crippen molar-refractivity contribution >= 4 is 10.0 Å². The summed E-state index contributed by atoms with van der Waals surface area (Å²) in [5, 5.41) is 6.92. The number of nitrogens with one attached hydrogen (secondary N) is 3. The maximum absolute atomic E-state index is 12.1. The average molecular weight is 516 g/mol. The summed E-state index contributed by atoms with van der Waals surface area (Å²) < 4.78 is 27.0. The van der Waals surface area contributed by atoms with Gasteiger partial charge in [-0.1, -0.05) is 91.2 Å². The molecule has 0 spiro atoms. The maximum Gasteiger partial charge on any atom is 0.211 e. The second kappa shape index (κ2) is 23.9. The van der Waals surface area contributed by atoms with Crippen LogP contribution in [0.4, 0.5) is 0 Å². The standard InChI is InChI=1S/C29H61N3O2S/c1-5-7-8-9-10-11-12-13-14-15-16-17-18-19-28-35(33,34)32-26-21-25-30-23-20-24-31-27-22-29(3,4)6-2/h11-12,30-32H,5-10,13-28H2,1-4H3/b12-11-. The van der Waals surface area contributed by atoms with Crippen molar-refractivity contribution in [1.29, 1.82) is 0 Å². The molecule has 0 saturated carbocycles. The summed E-state index contributed by atoms with van der Waals surface area (Å²) in [5.41, 5.74) is 0.434. The molecule has 5 nitrogen and oxygen atoms in total. The number of unbranched alkanes of at least 4 members (excludes halogenated alkanes) is 10. The van der Waals surface area contributed by atoms with E-state index >= 15 is 0 Å². The Labute approximate surface area is 220 Å². The Morgan fingerprint density at radius 3 is 1.74 bits per heavy atom. The van der Waals surface area contributed by atoms with Gasteiger partial charge in [-0.15, -0.1) is 0 Å². The van der Waals surface area contributed by atoms with Crippen molar-refractivity contribution < 1.29 is 8.42 Å². The topological polar surface area (TPSA) is 70.2 Å². The first-order valence-electron chi connectivity index (χ1n) is 14.9. The molecule has 0 heterocycles. The number of hydrogen-bond acceptors (Lipinski definition) is 4. The highest BCUT2D eigenvalue weighted by Gasteiger charge is 2.13. The largest absolute Gasteiger partial charge is 0.317 e. The second-order valence-corrected chi connectivity index (χ2v) is 12.8. The Morgan fingerprint density at radius 1 is 0.629 bits per heavy atom. The Kier molecular flexibility index (Phi) is 23.6. The summed E-state index contributed by atoms with van der Waals surface area (Å²) in [7, 11) is -3.12. The van der Waals surface area contributed by atoms with Crippen molar-refractivity contribution in [3.63, 3.8) is 0 Å². The van der Waals surface area contributed by atoms with Crippen LogP contribution in [0.3, 0.4) is 0 Å². The summed E-state index contributed by atoms with van der Waals surface area (Å²) in [6, 6.07) is 0.